The van der Waals surface area contributed by atoms with Crippen LogP contribution in [0.4, 0.5) is 5.88 Å². The number of aryl methyl sites for hydroxylation is 1. The van der Waals surface area contributed by atoms with Crippen molar-refractivity contribution >= 4 is 17.7 Å². The highest BCUT2D eigenvalue weighted by molar-refractivity contribution is 5.99. The van der Waals surface area contributed by atoms with Gasteiger partial charge in [-0.25, -0.2) is 0 Å². The second-order valence-corrected chi connectivity index (χ2v) is 9.30. The largest absolute Gasteiger partial charge is 0.367 e. The van der Waals surface area contributed by atoms with E-state index in [4.69, 9.17) is 10.3 Å². The Kier molecular flexibility index (Phi) is 2.99. The molecular weight excluding hydrogens is 332 g/mol. The lowest BCUT2D eigenvalue weighted by Gasteiger charge is -2.29. The number of nitrogens with zero attached hydrogens (tertiary/aromatic N) is 3. The van der Waals surface area contributed by atoms with Crippen LogP contribution in [0.1, 0.15) is 55.1 Å². The molecule has 1 aromatic rings. The molecule has 2 saturated heterocycles. The van der Waals surface area contributed by atoms with Gasteiger partial charge in [0.25, 0.3) is 5.91 Å². The highest BCUT2D eigenvalue weighted by Crippen LogP contribution is 2.63. The second-order valence-electron chi connectivity index (χ2n) is 9.30. The number of carbonyl (C=O) groups excluding carboxylic acids is 2. The number of amides is 2. The molecule has 0 radical (unpaired) electrons. The molecule has 2 amide bonds. The van der Waals surface area contributed by atoms with Crippen molar-refractivity contribution in [2.75, 3.05) is 31.9 Å². The molecule has 4 aliphatic rings. The van der Waals surface area contributed by atoms with E-state index in [9.17, 15) is 9.59 Å². The lowest BCUT2D eigenvalue weighted by atomic mass is 9.71. The van der Waals surface area contributed by atoms with Gasteiger partial charge in [0.05, 0.1) is 5.69 Å². The van der Waals surface area contributed by atoms with Gasteiger partial charge in [-0.05, 0) is 32.6 Å². The van der Waals surface area contributed by atoms with Gasteiger partial charge >= 0.3 is 0 Å². The first-order chi connectivity index (χ1) is 12.3. The summed E-state index contributed by atoms with van der Waals surface area (Å²) in [5.74, 6) is 0.344. The summed E-state index contributed by atoms with van der Waals surface area (Å²) in [5, 5.41) is 3.82. The number of likely N-dealkylation sites (tertiary alicyclic amines) is 2. The number of aromatic nitrogens is 1. The van der Waals surface area contributed by atoms with Crippen molar-refractivity contribution in [2.45, 2.75) is 46.0 Å². The number of rotatable bonds is 2. The molecule has 4 fully saturated rings. The van der Waals surface area contributed by atoms with Crippen molar-refractivity contribution in [3.63, 3.8) is 0 Å². The molecule has 2 aliphatic carbocycles. The Hall–Kier alpha value is -2.05. The van der Waals surface area contributed by atoms with E-state index in [-0.39, 0.29) is 28.0 Å². The number of hydrogen-bond donors (Lipinski definition) is 1. The third-order valence-electron chi connectivity index (χ3n) is 7.60. The quantitative estimate of drug-likeness (QED) is 0.870. The highest BCUT2D eigenvalue weighted by Gasteiger charge is 2.67. The standard InChI is InChI=1S/C19H26N4O3/c1-12-13(14(20)26-21-12)15(24)22-8-18-4-3-5-19(18,9-22)11-23(10-18)16(25)17(2)6-7-17/h3-11,20H2,1-2H3. The third-order valence-corrected chi connectivity index (χ3v) is 7.60. The molecule has 2 aliphatic heterocycles. The van der Waals surface area contributed by atoms with Gasteiger partial charge in [-0.1, -0.05) is 18.5 Å². The SMILES string of the molecule is Cc1noc(N)c1C(=O)N1CC23CCCC2(C1)CN(C(=O)C1(C)CC1)C3. The van der Waals surface area contributed by atoms with Crippen LogP contribution >= 0.6 is 0 Å². The van der Waals surface area contributed by atoms with Crippen molar-refractivity contribution in [3.05, 3.63) is 11.3 Å². The predicted octanol–water partition coefficient (Wildman–Crippen LogP) is 1.82. The zero-order chi connectivity index (χ0) is 18.3. The molecule has 1 aromatic heterocycles. The average molecular weight is 358 g/mol. The van der Waals surface area contributed by atoms with E-state index in [1.807, 2.05) is 4.90 Å². The molecule has 3 heterocycles. The number of carbonyl (C=O) groups is 2. The van der Waals surface area contributed by atoms with Crippen molar-refractivity contribution in [1.29, 1.82) is 0 Å². The van der Waals surface area contributed by atoms with E-state index >= 15 is 0 Å². The first kappa shape index (κ1) is 16.1. The first-order valence-electron chi connectivity index (χ1n) is 9.60. The summed E-state index contributed by atoms with van der Waals surface area (Å²) < 4.78 is 4.98. The molecule has 0 bridgehead atoms. The predicted molar refractivity (Wildman–Crippen MR) is 94.2 cm³/mol. The van der Waals surface area contributed by atoms with Crippen molar-refractivity contribution in [2.24, 2.45) is 16.2 Å². The van der Waals surface area contributed by atoms with E-state index in [1.54, 1.807) is 6.92 Å². The van der Waals surface area contributed by atoms with Crippen LogP contribution in [0.5, 0.6) is 0 Å². The molecule has 7 nitrogen and oxygen atoms in total. The Morgan fingerprint density at radius 2 is 1.62 bits per heavy atom. The van der Waals surface area contributed by atoms with Gasteiger partial charge in [0.15, 0.2) is 0 Å². The van der Waals surface area contributed by atoms with Gasteiger partial charge < -0.3 is 20.1 Å². The Labute approximate surface area is 152 Å². The molecule has 2 atom stereocenters. The van der Waals surface area contributed by atoms with E-state index in [0.717, 1.165) is 38.8 Å². The minimum Gasteiger partial charge on any atom is -0.367 e. The van der Waals surface area contributed by atoms with Crippen LogP contribution in [0.2, 0.25) is 0 Å². The zero-order valence-corrected chi connectivity index (χ0v) is 15.5. The maximum Gasteiger partial charge on any atom is 0.261 e. The number of nitrogen functional groups attached to an aromatic ring is 1. The Balaban J connectivity index is 1.41. The smallest absolute Gasteiger partial charge is 0.261 e. The summed E-state index contributed by atoms with van der Waals surface area (Å²) in [6.07, 6.45) is 5.40. The van der Waals surface area contributed by atoms with Crippen molar-refractivity contribution in [1.82, 2.24) is 15.0 Å². The second kappa shape index (κ2) is 4.81. The Morgan fingerprint density at radius 1 is 1.04 bits per heavy atom. The molecule has 2 N–H and O–H groups in total. The minimum absolute atomic E-state index is 0.0450. The number of nitrogens with two attached hydrogens (primary N) is 1. The first-order valence-corrected chi connectivity index (χ1v) is 9.60. The van der Waals surface area contributed by atoms with Gasteiger partial charge in [0.2, 0.25) is 11.8 Å². The lowest BCUT2D eigenvalue weighted by molar-refractivity contribution is -0.136. The summed E-state index contributed by atoms with van der Waals surface area (Å²) in [6, 6.07) is 0. The summed E-state index contributed by atoms with van der Waals surface area (Å²) in [4.78, 5) is 30.0. The third kappa shape index (κ3) is 1.91. The fourth-order valence-corrected chi connectivity index (χ4v) is 5.83. The molecule has 2 unspecified atom stereocenters. The van der Waals surface area contributed by atoms with Crippen LogP contribution in [-0.2, 0) is 4.79 Å². The molecule has 7 heteroatoms. The van der Waals surface area contributed by atoms with E-state index in [1.165, 1.54) is 6.42 Å². The molecule has 140 valence electrons. The normalized spacial score (nSPS) is 34.1. The number of anilines is 1. The molecule has 5 rings (SSSR count). The van der Waals surface area contributed by atoms with E-state index in [2.05, 4.69) is 17.0 Å². The van der Waals surface area contributed by atoms with Crippen LogP contribution < -0.4 is 5.73 Å². The number of hydrogen-bond acceptors (Lipinski definition) is 5. The zero-order valence-electron chi connectivity index (χ0n) is 15.5. The summed E-state index contributed by atoms with van der Waals surface area (Å²) in [5.41, 5.74) is 6.74. The van der Waals surface area contributed by atoms with Gasteiger partial charge in [0, 0.05) is 42.4 Å². The fraction of sp³-hybridized carbons (Fsp3) is 0.737. The van der Waals surface area contributed by atoms with Crippen LogP contribution in [-0.4, -0.2) is 52.9 Å². The highest BCUT2D eigenvalue weighted by atomic mass is 16.5. The average Bonchev–Trinajstić information content (AvgIpc) is 2.87. The van der Waals surface area contributed by atoms with Crippen LogP contribution in [0.3, 0.4) is 0 Å². The monoisotopic (exact) mass is 358 g/mol. The topological polar surface area (TPSA) is 92.7 Å². The molecule has 26 heavy (non-hydrogen) atoms. The summed E-state index contributed by atoms with van der Waals surface area (Å²) in [6.45, 7) is 6.83. The van der Waals surface area contributed by atoms with Crippen molar-refractivity contribution < 1.29 is 14.1 Å². The summed E-state index contributed by atoms with van der Waals surface area (Å²) >= 11 is 0. The minimum atomic E-state index is -0.121. The molecule has 2 saturated carbocycles. The van der Waals surface area contributed by atoms with Gasteiger partial charge in [-0.2, -0.15) is 0 Å². The fourth-order valence-electron chi connectivity index (χ4n) is 5.83. The van der Waals surface area contributed by atoms with Crippen LogP contribution in [0, 0.1) is 23.2 Å². The molecule has 0 aromatic carbocycles. The molecule has 0 spiro atoms. The van der Waals surface area contributed by atoms with Gasteiger partial charge in [-0.3, -0.25) is 9.59 Å². The summed E-state index contributed by atoms with van der Waals surface area (Å²) in [7, 11) is 0. The van der Waals surface area contributed by atoms with Gasteiger partial charge in [-0.15, -0.1) is 0 Å². The van der Waals surface area contributed by atoms with E-state index < -0.39 is 0 Å². The maximum absolute atomic E-state index is 13.1. The lowest BCUT2D eigenvalue weighted by Crippen LogP contribution is -2.41. The van der Waals surface area contributed by atoms with E-state index in [0.29, 0.717) is 30.3 Å². The van der Waals surface area contributed by atoms with Crippen molar-refractivity contribution in [3.8, 4) is 0 Å². The van der Waals surface area contributed by atoms with Crippen LogP contribution in [0.15, 0.2) is 4.52 Å². The Bertz CT molecular complexity index is 772. The van der Waals surface area contributed by atoms with Crippen LogP contribution in [0.25, 0.3) is 0 Å². The van der Waals surface area contributed by atoms with Gasteiger partial charge in [0.1, 0.15) is 5.56 Å². The maximum atomic E-state index is 13.1. The Morgan fingerprint density at radius 3 is 2.12 bits per heavy atom. The molecular formula is C19H26N4O3.